The minimum Gasteiger partial charge on any atom is -0.504 e. The summed E-state index contributed by atoms with van der Waals surface area (Å²) in [6, 6.07) is 6.45. The smallest absolute Gasteiger partial charge is 0.257 e. The van der Waals surface area contributed by atoms with Crippen LogP contribution in [0.3, 0.4) is 0 Å². The molecular formula is C20H20NO7+. The summed E-state index contributed by atoms with van der Waals surface area (Å²) in [5, 5.41) is 21.6. The normalized spacial score (nSPS) is 12.3. The zero-order valence-electron chi connectivity index (χ0n) is 15.9. The monoisotopic (exact) mass is 386 g/mol. The van der Waals surface area contributed by atoms with E-state index < -0.39 is 0 Å². The summed E-state index contributed by atoms with van der Waals surface area (Å²) >= 11 is 0. The Labute approximate surface area is 160 Å². The van der Waals surface area contributed by atoms with Crippen LogP contribution in [0, 0.1) is 0 Å². The second kappa shape index (κ2) is 6.56. The highest BCUT2D eigenvalue weighted by molar-refractivity contribution is 5.76. The fraction of sp³-hybridized carbons (Fsp3) is 0.250. The highest BCUT2D eigenvalue weighted by Crippen LogP contribution is 2.45. The van der Waals surface area contributed by atoms with E-state index in [9.17, 15) is 10.2 Å². The third-order valence-corrected chi connectivity index (χ3v) is 4.55. The van der Waals surface area contributed by atoms with E-state index in [1.165, 1.54) is 14.2 Å². The second-order valence-corrected chi connectivity index (χ2v) is 6.46. The topological polar surface area (TPSA) is 93.5 Å². The number of fused-ring (bicyclic) bond motifs is 2. The van der Waals surface area contributed by atoms with Gasteiger partial charge in [0.2, 0.25) is 18.3 Å². The summed E-state index contributed by atoms with van der Waals surface area (Å²) in [6.07, 6.45) is 0. The Morgan fingerprint density at radius 2 is 1.64 bits per heavy atom. The Hall–Kier alpha value is -3.55. The van der Waals surface area contributed by atoms with Crippen molar-refractivity contribution in [3.63, 3.8) is 0 Å². The Bertz CT molecular complexity index is 1090. The molecule has 1 aromatic carbocycles. The summed E-state index contributed by atoms with van der Waals surface area (Å²) in [5.41, 5.74) is 1.16. The number of benzene rings is 2. The van der Waals surface area contributed by atoms with Gasteiger partial charge < -0.3 is 33.6 Å². The molecule has 8 nitrogen and oxygen atoms in total. The van der Waals surface area contributed by atoms with Crippen molar-refractivity contribution in [3.8, 4) is 57.1 Å². The van der Waals surface area contributed by atoms with Gasteiger partial charge in [-0.3, -0.25) is 0 Å². The lowest BCUT2D eigenvalue weighted by molar-refractivity contribution is 0.172. The number of phenolic OH excluding ortho intramolecular Hbond substituents is 1. The Balaban J connectivity index is 2.01. The van der Waals surface area contributed by atoms with Crippen molar-refractivity contribution in [1.82, 2.24) is 4.58 Å². The molecule has 0 saturated heterocycles. The van der Waals surface area contributed by atoms with Crippen LogP contribution in [0.1, 0.15) is 0 Å². The number of hydrogen-bond donors (Lipinski definition) is 2. The minimum atomic E-state index is -0.132. The van der Waals surface area contributed by atoms with E-state index in [0.717, 1.165) is 5.36 Å². The second-order valence-electron chi connectivity index (χ2n) is 6.46. The van der Waals surface area contributed by atoms with Gasteiger partial charge in [-0.05, 0) is 12.1 Å². The highest BCUT2D eigenvalue weighted by atomic mass is 16.7. The van der Waals surface area contributed by atoms with Gasteiger partial charge >= 0.3 is 0 Å². The summed E-state index contributed by atoms with van der Waals surface area (Å²) in [6.45, 7) is 0.123. The average Bonchev–Trinajstić information content (AvgIpc) is 3.13. The maximum absolute atomic E-state index is 10.7. The van der Waals surface area contributed by atoms with Gasteiger partial charge in [0.1, 0.15) is 19.9 Å². The summed E-state index contributed by atoms with van der Waals surface area (Å²) < 4.78 is 29.4. The lowest BCUT2D eigenvalue weighted by Crippen LogP contribution is -2.25. The van der Waals surface area contributed by atoms with E-state index in [-0.39, 0.29) is 35.6 Å². The quantitative estimate of drug-likeness (QED) is 0.667. The lowest BCUT2D eigenvalue weighted by Gasteiger charge is -2.14. The van der Waals surface area contributed by atoms with E-state index in [0.29, 0.717) is 28.4 Å². The molecule has 1 aliphatic carbocycles. The van der Waals surface area contributed by atoms with E-state index in [1.54, 1.807) is 24.3 Å². The number of rotatable bonds is 3. The molecule has 28 heavy (non-hydrogen) atoms. The van der Waals surface area contributed by atoms with E-state index in [4.69, 9.17) is 23.4 Å². The van der Waals surface area contributed by atoms with E-state index >= 15 is 0 Å². The molecule has 3 aliphatic rings. The molecule has 0 amide bonds. The van der Waals surface area contributed by atoms with Gasteiger partial charge in [0, 0.05) is 17.7 Å². The highest BCUT2D eigenvalue weighted by Gasteiger charge is 2.29. The molecule has 1 aromatic rings. The van der Waals surface area contributed by atoms with Gasteiger partial charge in [0.15, 0.2) is 28.8 Å². The molecule has 0 unspecified atom stereocenters. The molecule has 4 rings (SSSR count). The van der Waals surface area contributed by atoms with Crippen molar-refractivity contribution < 1.29 is 33.6 Å². The zero-order chi connectivity index (χ0) is 20.0. The van der Waals surface area contributed by atoms with E-state index in [1.807, 2.05) is 18.7 Å². The first-order valence-electron chi connectivity index (χ1n) is 8.49. The molecule has 2 heterocycles. The number of aromatic hydroxyl groups is 2. The predicted octanol–water partition coefficient (Wildman–Crippen LogP) is 2.24. The average molecular weight is 386 g/mol. The van der Waals surface area contributed by atoms with Gasteiger partial charge in [0.25, 0.3) is 5.36 Å². The molecule has 0 bridgehead atoms. The Kier molecular flexibility index (Phi) is 4.18. The molecule has 0 fully saturated rings. The van der Waals surface area contributed by atoms with Crippen LogP contribution in [0.2, 0.25) is 0 Å². The van der Waals surface area contributed by atoms with Crippen molar-refractivity contribution in [2.75, 3.05) is 35.1 Å². The molecule has 2 aliphatic heterocycles. The number of ether oxygens (including phenoxy) is 4. The predicted molar refractivity (Wildman–Crippen MR) is 100 cm³/mol. The fourth-order valence-electron chi connectivity index (χ4n) is 3.28. The van der Waals surface area contributed by atoms with Crippen LogP contribution in [0.5, 0.6) is 34.5 Å². The van der Waals surface area contributed by atoms with Gasteiger partial charge in [-0.2, -0.15) is 0 Å². The third kappa shape index (κ3) is 2.65. The van der Waals surface area contributed by atoms with Crippen molar-refractivity contribution in [2.45, 2.75) is 0 Å². The number of methoxy groups -OCH3 is 2. The zero-order valence-corrected chi connectivity index (χ0v) is 15.9. The van der Waals surface area contributed by atoms with Crippen LogP contribution in [0.15, 0.2) is 28.7 Å². The van der Waals surface area contributed by atoms with Gasteiger partial charge in [-0.15, -0.1) is 0 Å². The maximum atomic E-state index is 10.7. The summed E-state index contributed by atoms with van der Waals surface area (Å²) in [7, 11) is 6.61. The number of nitrogens with zero attached hydrogens (tertiary/aromatic N) is 1. The van der Waals surface area contributed by atoms with Gasteiger partial charge in [-0.1, -0.05) is 0 Å². The lowest BCUT2D eigenvalue weighted by atomic mass is 10.0. The molecule has 8 heteroatoms. The van der Waals surface area contributed by atoms with Crippen LogP contribution < -0.4 is 28.9 Å². The number of phenols is 1. The first-order chi connectivity index (χ1) is 13.4. The molecule has 0 spiro atoms. The molecule has 2 N–H and O–H groups in total. The first kappa shape index (κ1) is 17.8. The van der Waals surface area contributed by atoms with E-state index in [2.05, 4.69) is 0 Å². The van der Waals surface area contributed by atoms with Crippen LogP contribution in [0.4, 0.5) is 0 Å². The Morgan fingerprint density at radius 3 is 2.25 bits per heavy atom. The van der Waals surface area contributed by atoms with Crippen LogP contribution in [0.25, 0.3) is 22.6 Å². The van der Waals surface area contributed by atoms with Gasteiger partial charge in [0.05, 0.1) is 19.8 Å². The van der Waals surface area contributed by atoms with Gasteiger partial charge in [-0.25, -0.2) is 4.58 Å². The SMILES string of the molecule is COc1cc(-c2oc3cc4c(c(=[N+](C)C)c-3cc2O)OCO4)cc(OC)c1O. The van der Waals surface area contributed by atoms with Crippen LogP contribution in [-0.4, -0.2) is 45.3 Å². The van der Waals surface area contributed by atoms with Crippen LogP contribution >= 0.6 is 0 Å². The van der Waals surface area contributed by atoms with Crippen molar-refractivity contribution in [2.24, 2.45) is 0 Å². The molecule has 0 saturated carbocycles. The Morgan fingerprint density at radius 1 is 0.964 bits per heavy atom. The number of hydrogen-bond acceptors (Lipinski definition) is 7. The maximum Gasteiger partial charge on any atom is 0.257 e. The van der Waals surface area contributed by atoms with Crippen molar-refractivity contribution in [3.05, 3.63) is 29.6 Å². The standard InChI is InChI=1S/C20H19NO7/c1-21(2)17-11-7-12(22)19(28-13(11)8-16-20(17)27-9-26-16)10-5-14(24-3)18(23)15(6-10)25-4/h5-8,22H,9H2,1-4H3/p+1. The fourth-order valence-corrected chi connectivity index (χ4v) is 3.28. The minimum absolute atomic E-state index is 0.0794. The third-order valence-electron chi connectivity index (χ3n) is 4.55. The molecule has 0 aromatic heterocycles. The molecule has 0 atom stereocenters. The van der Waals surface area contributed by atoms with Crippen molar-refractivity contribution in [1.29, 1.82) is 0 Å². The summed E-state index contributed by atoms with van der Waals surface area (Å²) in [4.78, 5) is 0. The molecule has 146 valence electrons. The molecular weight excluding hydrogens is 366 g/mol. The summed E-state index contributed by atoms with van der Waals surface area (Å²) in [5.74, 6) is 2.06. The van der Waals surface area contributed by atoms with Crippen LogP contribution in [-0.2, 0) is 0 Å². The largest absolute Gasteiger partial charge is 0.504 e. The molecule has 0 radical (unpaired) electrons. The van der Waals surface area contributed by atoms with Crippen molar-refractivity contribution >= 4 is 0 Å². The first-order valence-corrected chi connectivity index (χ1v) is 8.49.